The molecule has 2 heterocycles. The summed E-state index contributed by atoms with van der Waals surface area (Å²) in [5.74, 6) is -0.276. The Hall–Kier alpha value is -2.36. The van der Waals surface area contributed by atoms with E-state index in [0.717, 1.165) is 22.7 Å². The minimum absolute atomic E-state index is 0.226. The molecule has 0 aliphatic rings. The van der Waals surface area contributed by atoms with Crippen molar-refractivity contribution in [3.63, 3.8) is 0 Å². The van der Waals surface area contributed by atoms with Gasteiger partial charge in [-0.25, -0.2) is 8.42 Å². The van der Waals surface area contributed by atoms with Gasteiger partial charge in [-0.2, -0.15) is 5.10 Å². The number of hydrogen-bond acceptors (Lipinski definition) is 5. The molecule has 0 aliphatic heterocycles. The highest BCUT2D eigenvalue weighted by Crippen LogP contribution is 2.29. The quantitative estimate of drug-likeness (QED) is 0.524. The number of sulfonamides is 1. The third-order valence-corrected chi connectivity index (χ3v) is 7.94. The number of nitrogens with one attached hydrogen (secondary N) is 2. The minimum Gasteiger partial charge on any atom is -0.323 e. The fraction of sp³-hybridized carbons (Fsp3) is 0.300. The van der Waals surface area contributed by atoms with Gasteiger partial charge in [-0.1, -0.05) is 18.5 Å². The van der Waals surface area contributed by atoms with E-state index in [1.165, 1.54) is 17.4 Å². The summed E-state index contributed by atoms with van der Waals surface area (Å²) in [6.45, 7) is 7.47. The van der Waals surface area contributed by atoms with Crippen molar-refractivity contribution in [1.82, 2.24) is 9.78 Å². The number of amides is 1. The van der Waals surface area contributed by atoms with E-state index in [1.807, 2.05) is 26.8 Å². The van der Waals surface area contributed by atoms with E-state index >= 15 is 0 Å². The smallest absolute Gasteiger partial charge is 0.271 e. The summed E-state index contributed by atoms with van der Waals surface area (Å²) in [6, 6.07) is 9.35. The second kappa shape index (κ2) is 8.79. The molecule has 0 fully saturated rings. The molecule has 1 amide bonds. The van der Waals surface area contributed by atoms with Crippen molar-refractivity contribution < 1.29 is 13.2 Å². The van der Waals surface area contributed by atoms with Gasteiger partial charge in [0.1, 0.15) is 10.3 Å². The number of carbonyl (C=O) groups excluding carboxylic acids is 1. The number of aromatic nitrogens is 2. The van der Waals surface area contributed by atoms with Gasteiger partial charge >= 0.3 is 0 Å². The van der Waals surface area contributed by atoms with Gasteiger partial charge in [0, 0.05) is 10.6 Å². The molecule has 7 nitrogen and oxygen atoms in total. The Labute approximate surface area is 185 Å². The number of rotatable bonds is 7. The molecule has 30 heavy (non-hydrogen) atoms. The van der Waals surface area contributed by atoms with Gasteiger partial charge in [-0.15, -0.1) is 11.3 Å². The highest BCUT2D eigenvalue weighted by molar-refractivity contribution is 7.94. The Morgan fingerprint density at radius 3 is 2.53 bits per heavy atom. The van der Waals surface area contributed by atoms with E-state index in [0.29, 0.717) is 11.4 Å². The summed E-state index contributed by atoms with van der Waals surface area (Å²) in [6.07, 6.45) is 0.774. The van der Waals surface area contributed by atoms with E-state index in [1.54, 1.807) is 35.9 Å². The zero-order chi connectivity index (χ0) is 22.1. The lowest BCUT2D eigenvalue weighted by molar-refractivity contribution is -0.119. The average Bonchev–Trinajstić information content (AvgIpc) is 3.29. The Kier molecular flexibility index (Phi) is 6.54. The van der Waals surface area contributed by atoms with Crippen molar-refractivity contribution in [1.29, 1.82) is 0 Å². The van der Waals surface area contributed by atoms with Crippen LogP contribution >= 0.6 is 22.9 Å². The van der Waals surface area contributed by atoms with Crippen LogP contribution in [0.3, 0.4) is 0 Å². The molecule has 1 unspecified atom stereocenters. The van der Waals surface area contributed by atoms with E-state index < -0.39 is 16.1 Å². The molecule has 2 N–H and O–H groups in total. The Morgan fingerprint density at radius 1 is 1.23 bits per heavy atom. The maximum Gasteiger partial charge on any atom is 0.271 e. The van der Waals surface area contributed by atoms with Crippen molar-refractivity contribution in [2.24, 2.45) is 0 Å². The van der Waals surface area contributed by atoms with Gasteiger partial charge < -0.3 is 5.32 Å². The SMILES string of the molecule is CCc1ccc(S(=O)(=O)Nc2ccc(NC(=O)C(C)n3nc(C)cc3C)c(Cl)c2)s1. The van der Waals surface area contributed by atoms with Crippen LogP contribution in [-0.4, -0.2) is 24.1 Å². The summed E-state index contributed by atoms with van der Waals surface area (Å²) in [7, 11) is -3.70. The molecule has 10 heteroatoms. The summed E-state index contributed by atoms with van der Waals surface area (Å²) in [5, 5.41) is 7.33. The molecule has 0 radical (unpaired) electrons. The second-order valence-electron chi connectivity index (χ2n) is 6.91. The van der Waals surface area contributed by atoms with Crippen molar-refractivity contribution >= 4 is 50.2 Å². The fourth-order valence-corrected chi connectivity index (χ4v) is 5.54. The van der Waals surface area contributed by atoms with Crippen molar-refractivity contribution in [3.8, 4) is 0 Å². The molecule has 160 valence electrons. The normalized spacial score (nSPS) is 12.6. The van der Waals surface area contributed by atoms with Gasteiger partial charge in [0.2, 0.25) is 5.91 Å². The molecule has 3 aromatic rings. The lowest BCUT2D eigenvalue weighted by atomic mass is 10.2. The van der Waals surface area contributed by atoms with Crippen molar-refractivity contribution in [2.75, 3.05) is 10.0 Å². The van der Waals surface area contributed by atoms with Crippen LogP contribution < -0.4 is 10.0 Å². The predicted molar refractivity (Wildman–Crippen MR) is 121 cm³/mol. The molecule has 0 spiro atoms. The van der Waals surface area contributed by atoms with Gasteiger partial charge in [-0.05, 0) is 63.6 Å². The maximum absolute atomic E-state index is 12.6. The lowest BCUT2D eigenvalue weighted by Crippen LogP contribution is -2.25. The predicted octanol–water partition coefficient (Wildman–Crippen LogP) is 4.78. The highest BCUT2D eigenvalue weighted by atomic mass is 35.5. The molecule has 3 rings (SSSR count). The standard InChI is InChI=1S/C20H23ClN4O3S2/c1-5-16-7-9-19(29-16)30(27,28)24-15-6-8-18(17(21)11-15)22-20(26)14(4)25-13(3)10-12(2)23-25/h6-11,14,24H,5H2,1-4H3,(H,22,26). The zero-order valence-electron chi connectivity index (χ0n) is 17.1. The fourth-order valence-electron chi connectivity index (χ4n) is 2.96. The largest absolute Gasteiger partial charge is 0.323 e. The first-order valence-electron chi connectivity index (χ1n) is 9.35. The summed E-state index contributed by atoms with van der Waals surface area (Å²) in [4.78, 5) is 13.6. The third-order valence-electron chi connectivity index (χ3n) is 4.52. The van der Waals surface area contributed by atoms with Crippen molar-refractivity contribution in [2.45, 2.75) is 44.4 Å². The molecule has 1 aromatic carbocycles. The molecule has 1 atom stereocenters. The number of halogens is 1. The average molecular weight is 467 g/mol. The molecule has 2 aromatic heterocycles. The topological polar surface area (TPSA) is 93.1 Å². The van der Waals surface area contributed by atoms with Crippen LogP contribution in [0, 0.1) is 13.8 Å². The number of aryl methyl sites for hydroxylation is 3. The number of hydrogen-bond donors (Lipinski definition) is 2. The summed E-state index contributed by atoms with van der Waals surface area (Å²) in [5.41, 5.74) is 2.42. The molecule has 0 bridgehead atoms. The zero-order valence-corrected chi connectivity index (χ0v) is 19.5. The van der Waals surface area contributed by atoms with E-state index in [9.17, 15) is 13.2 Å². The van der Waals surface area contributed by atoms with E-state index in [-0.39, 0.29) is 15.1 Å². The van der Waals surface area contributed by atoms with Crippen LogP contribution in [0.15, 0.2) is 40.6 Å². The summed E-state index contributed by atoms with van der Waals surface area (Å²) < 4.78 is 29.5. The van der Waals surface area contributed by atoms with Gasteiger partial charge in [0.15, 0.2) is 0 Å². The van der Waals surface area contributed by atoms with Crippen LogP contribution in [0.5, 0.6) is 0 Å². The molecular formula is C20H23ClN4O3S2. The first-order chi connectivity index (χ1) is 14.1. The highest BCUT2D eigenvalue weighted by Gasteiger charge is 2.20. The monoisotopic (exact) mass is 466 g/mol. The maximum atomic E-state index is 12.6. The van der Waals surface area contributed by atoms with E-state index in [4.69, 9.17) is 11.6 Å². The number of anilines is 2. The Balaban J connectivity index is 1.73. The van der Waals surface area contributed by atoms with Gasteiger partial charge in [0.05, 0.1) is 22.1 Å². The molecule has 0 saturated carbocycles. The first kappa shape index (κ1) is 22.3. The van der Waals surface area contributed by atoms with Crippen LogP contribution in [0.25, 0.3) is 0 Å². The number of thiophene rings is 1. The third kappa shape index (κ3) is 4.85. The molecule has 0 aliphatic carbocycles. The number of nitrogens with zero attached hydrogens (tertiary/aromatic N) is 2. The molecule has 0 saturated heterocycles. The van der Waals surface area contributed by atoms with Crippen LogP contribution in [-0.2, 0) is 21.2 Å². The summed E-state index contributed by atoms with van der Waals surface area (Å²) >= 11 is 7.52. The van der Waals surface area contributed by atoms with Gasteiger partial charge in [0.25, 0.3) is 10.0 Å². The van der Waals surface area contributed by atoms with Crippen LogP contribution in [0.2, 0.25) is 5.02 Å². The number of carbonyl (C=O) groups is 1. The Morgan fingerprint density at radius 2 is 1.97 bits per heavy atom. The van der Waals surface area contributed by atoms with Crippen molar-refractivity contribution in [3.05, 3.63) is 57.7 Å². The lowest BCUT2D eigenvalue weighted by Gasteiger charge is -2.16. The minimum atomic E-state index is -3.70. The van der Waals surface area contributed by atoms with Crippen LogP contribution in [0.1, 0.15) is 36.2 Å². The van der Waals surface area contributed by atoms with E-state index in [2.05, 4.69) is 15.1 Å². The van der Waals surface area contributed by atoms with Gasteiger partial charge in [-0.3, -0.25) is 14.2 Å². The second-order valence-corrected chi connectivity index (χ2v) is 10.4. The first-order valence-corrected chi connectivity index (χ1v) is 12.0. The Bertz CT molecular complexity index is 1180. The number of benzene rings is 1. The molecular weight excluding hydrogens is 444 g/mol. The van der Waals surface area contributed by atoms with Crippen LogP contribution in [0.4, 0.5) is 11.4 Å².